The van der Waals surface area contributed by atoms with E-state index in [4.69, 9.17) is 15.3 Å². The van der Waals surface area contributed by atoms with Crippen LogP contribution in [0.15, 0.2) is 0 Å². The standard InChI is InChI=1S/C16H33O2Si2/c1-11-13(2)15(18-19(7)8)14(3)12-17-20(9,10)16(4,5)6/h1,13-15H,12H2,2-10H3/t13-,14-,15+/m1/s1. The summed E-state index contributed by atoms with van der Waals surface area (Å²) in [7, 11) is -2.45. The second kappa shape index (κ2) is 7.79. The van der Waals surface area contributed by atoms with Crippen LogP contribution in [-0.4, -0.2) is 30.1 Å². The summed E-state index contributed by atoms with van der Waals surface area (Å²) in [5.74, 6) is 3.29. The highest BCUT2D eigenvalue weighted by atomic mass is 28.4. The lowest BCUT2D eigenvalue weighted by atomic mass is 9.95. The lowest BCUT2D eigenvalue weighted by Crippen LogP contribution is -2.44. The maximum atomic E-state index is 6.31. The maximum absolute atomic E-state index is 6.31. The molecule has 0 heterocycles. The molecule has 0 aliphatic heterocycles. The summed E-state index contributed by atoms with van der Waals surface area (Å²) in [6.07, 6.45) is 5.69. The van der Waals surface area contributed by atoms with Gasteiger partial charge in [-0.1, -0.05) is 27.7 Å². The molecule has 0 bridgehead atoms. The van der Waals surface area contributed by atoms with Gasteiger partial charge in [0.2, 0.25) is 9.04 Å². The first-order chi connectivity index (χ1) is 8.92. The van der Waals surface area contributed by atoms with E-state index in [-0.39, 0.29) is 17.1 Å². The summed E-state index contributed by atoms with van der Waals surface area (Å²) >= 11 is 0. The molecule has 0 aromatic carbocycles. The van der Waals surface area contributed by atoms with Crippen molar-refractivity contribution in [2.75, 3.05) is 6.61 Å². The van der Waals surface area contributed by atoms with E-state index in [1.54, 1.807) is 0 Å². The van der Waals surface area contributed by atoms with Gasteiger partial charge in [-0.05, 0) is 38.2 Å². The Labute approximate surface area is 129 Å². The molecule has 1 radical (unpaired) electrons. The minimum Gasteiger partial charge on any atom is -0.416 e. The van der Waals surface area contributed by atoms with Crippen LogP contribution >= 0.6 is 0 Å². The van der Waals surface area contributed by atoms with Gasteiger partial charge in [0, 0.05) is 18.4 Å². The summed E-state index contributed by atoms with van der Waals surface area (Å²) in [6.45, 7) is 20.7. The summed E-state index contributed by atoms with van der Waals surface area (Å²) in [4.78, 5) is 0. The Hall–Kier alpha value is -0.0862. The van der Waals surface area contributed by atoms with Crippen molar-refractivity contribution in [3.05, 3.63) is 0 Å². The van der Waals surface area contributed by atoms with Crippen LogP contribution in [0.25, 0.3) is 0 Å². The second-order valence-corrected chi connectivity index (χ2v) is 14.4. The molecule has 0 saturated carbocycles. The Morgan fingerprint density at radius 2 is 1.70 bits per heavy atom. The van der Waals surface area contributed by atoms with Crippen molar-refractivity contribution in [1.29, 1.82) is 0 Å². The molecule has 117 valence electrons. The zero-order chi connectivity index (χ0) is 16.1. The van der Waals surface area contributed by atoms with E-state index in [9.17, 15) is 0 Å². The van der Waals surface area contributed by atoms with E-state index in [1.165, 1.54) is 0 Å². The first-order valence-electron chi connectivity index (χ1n) is 7.49. The molecule has 0 fully saturated rings. The second-order valence-electron chi connectivity index (χ2n) is 7.49. The van der Waals surface area contributed by atoms with E-state index >= 15 is 0 Å². The first-order valence-corrected chi connectivity index (χ1v) is 12.8. The van der Waals surface area contributed by atoms with Crippen molar-refractivity contribution in [3.63, 3.8) is 0 Å². The smallest absolute Gasteiger partial charge is 0.205 e. The molecule has 0 rings (SSSR count). The predicted octanol–water partition coefficient (Wildman–Crippen LogP) is 4.55. The minimum atomic E-state index is -1.70. The van der Waals surface area contributed by atoms with Crippen LogP contribution < -0.4 is 0 Å². The number of hydrogen-bond acceptors (Lipinski definition) is 2. The van der Waals surface area contributed by atoms with E-state index in [0.29, 0.717) is 5.92 Å². The van der Waals surface area contributed by atoms with Gasteiger partial charge in [0.1, 0.15) is 0 Å². The van der Waals surface area contributed by atoms with Crippen LogP contribution in [0.5, 0.6) is 0 Å². The van der Waals surface area contributed by atoms with Gasteiger partial charge >= 0.3 is 0 Å². The molecular formula is C16H33O2Si2. The summed E-state index contributed by atoms with van der Waals surface area (Å²) in [5, 5.41) is 0.241. The largest absolute Gasteiger partial charge is 0.416 e. The van der Waals surface area contributed by atoms with Crippen LogP contribution in [0, 0.1) is 24.2 Å². The first kappa shape index (κ1) is 19.9. The lowest BCUT2D eigenvalue weighted by molar-refractivity contribution is 0.0765. The van der Waals surface area contributed by atoms with Crippen LogP contribution in [0.1, 0.15) is 34.6 Å². The molecule has 4 heteroatoms. The minimum absolute atomic E-state index is 0.105. The third kappa shape index (κ3) is 6.13. The molecule has 0 unspecified atom stereocenters. The lowest BCUT2D eigenvalue weighted by Gasteiger charge is -2.38. The van der Waals surface area contributed by atoms with Crippen molar-refractivity contribution in [2.45, 2.75) is 71.9 Å². The fourth-order valence-corrected chi connectivity index (χ4v) is 3.82. The van der Waals surface area contributed by atoms with E-state index in [2.05, 4.69) is 66.7 Å². The van der Waals surface area contributed by atoms with Crippen LogP contribution in [0.3, 0.4) is 0 Å². The highest BCUT2D eigenvalue weighted by molar-refractivity contribution is 6.74. The van der Waals surface area contributed by atoms with Crippen molar-refractivity contribution >= 4 is 17.4 Å². The van der Waals surface area contributed by atoms with Gasteiger partial charge in [0.25, 0.3) is 0 Å². The predicted molar refractivity (Wildman–Crippen MR) is 92.7 cm³/mol. The van der Waals surface area contributed by atoms with Crippen LogP contribution in [-0.2, 0) is 8.85 Å². The molecule has 0 amide bonds. The van der Waals surface area contributed by atoms with Gasteiger partial charge in [-0.3, -0.25) is 0 Å². The number of rotatable bonds is 7. The quantitative estimate of drug-likeness (QED) is 0.507. The molecule has 0 saturated heterocycles. The molecule has 0 aliphatic rings. The molecule has 0 aromatic heterocycles. The zero-order valence-electron chi connectivity index (χ0n) is 14.8. The molecule has 20 heavy (non-hydrogen) atoms. The third-order valence-electron chi connectivity index (χ3n) is 4.20. The SMILES string of the molecule is C#C[C@@H](C)[C@H](O[Si](C)C)[C@H](C)CO[Si](C)(C)C(C)(C)C. The Kier molecular flexibility index (Phi) is 7.76. The Balaban J connectivity index is 4.70. The van der Waals surface area contributed by atoms with E-state index < -0.39 is 17.4 Å². The van der Waals surface area contributed by atoms with Gasteiger partial charge in [0.05, 0.1) is 6.10 Å². The Morgan fingerprint density at radius 3 is 2.05 bits per heavy atom. The normalized spacial score (nSPS) is 17.6. The molecule has 0 aliphatic carbocycles. The number of terminal acetylenes is 1. The molecule has 0 N–H and O–H groups in total. The zero-order valence-corrected chi connectivity index (χ0v) is 16.8. The van der Waals surface area contributed by atoms with Crippen molar-refractivity contribution in [2.24, 2.45) is 11.8 Å². The molecular weight excluding hydrogens is 280 g/mol. The topological polar surface area (TPSA) is 18.5 Å². The van der Waals surface area contributed by atoms with Gasteiger partial charge < -0.3 is 8.85 Å². The number of hydrogen-bond donors (Lipinski definition) is 0. The maximum Gasteiger partial charge on any atom is 0.205 e. The average Bonchev–Trinajstić information content (AvgIpc) is 2.30. The molecule has 3 atom stereocenters. The van der Waals surface area contributed by atoms with Gasteiger partial charge in [-0.25, -0.2) is 0 Å². The molecule has 0 aromatic rings. The molecule has 2 nitrogen and oxygen atoms in total. The highest BCUT2D eigenvalue weighted by Crippen LogP contribution is 2.37. The summed E-state index contributed by atoms with van der Waals surface area (Å²) < 4.78 is 12.4. The highest BCUT2D eigenvalue weighted by Gasteiger charge is 2.38. The Bertz CT molecular complexity index is 326. The fraction of sp³-hybridized carbons (Fsp3) is 0.875. The van der Waals surface area contributed by atoms with Crippen molar-refractivity contribution in [3.8, 4) is 12.3 Å². The van der Waals surface area contributed by atoms with E-state index in [1.807, 2.05) is 0 Å². The van der Waals surface area contributed by atoms with Crippen LogP contribution in [0.2, 0.25) is 31.2 Å². The van der Waals surface area contributed by atoms with Gasteiger partial charge in [-0.15, -0.1) is 12.3 Å². The summed E-state index contributed by atoms with van der Waals surface area (Å²) in [6, 6.07) is 0. The van der Waals surface area contributed by atoms with E-state index in [0.717, 1.165) is 6.61 Å². The average molecular weight is 314 g/mol. The van der Waals surface area contributed by atoms with Gasteiger partial charge in [-0.2, -0.15) is 0 Å². The van der Waals surface area contributed by atoms with Crippen molar-refractivity contribution in [1.82, 2.24) is 0 Å². The Morgan fingerprint density at radius 1 is 1.20 bits per heavy atom. The van der Waals surface area contributed by atoms with Crippen molar-refractivity contribution < 1.29 is 8.85 Å². The third-order valence-corrected chi connectivity index (χ3v) is 9.45. The van der Waals surface area contributed by atoms with Gasteiger partial charge in [0.15, 0.2) is 8.32 Å². The summed E-state index contributed by atoms with van der Waals surface area (Å²) in [5.41, 5.74) is 0. The molecule has 0 spiro atoms. The fourth-order valence-electron chi connectivity index (χ4n) is 1.73. The monoisotopic (exact) mass is 313 g/mol. The van der Waals surface area contributed by atoms with Crippen LogP contribution in [0.4, 0.5) is 0 Å².